The number of methoxy groups -OCH3 is 2. The van der Waals surface area contributed by atoms with E-state index >= 15 is 0 Å². The van der Waals surface area contributed by atoms with Crippen LogP contribution in [0.2, 0.25) is 0 Å². The minimum absolute atomic E-state index is 0.0432. The quantitative estimate of drug-likeness (QED) is 0.513. The van der Waals surface area contributed by atoms with Gasteiger partial charge in [-0.25, -0.2) is 4.90 Å². The second-order valence-electron chi connectivity index (χ2n) is 7.78. The molecule has 0 aromatic heterocycles. The zero-order chi connectivity index (χ0) is 24.0. The van der Waals surface area contributed by atoms with Crippen LogP contribution in [0.15, 0.2) is 42.5 Å². The molecule has 1 fully saturated rings. The summed E-state index contributed by atoms with van der Waals surface area (Å²) in [6, 6.07) is 11.5. The third-order valence-electron chi connectivity index (χ3n) is 5.56. The SMILES string of the molecule is CCCOc1ccc(N2C(=O)CC(N(CCc3ccc(OC)c(OC)c3)C(C)=O)C2=O)cc1. The number of nitrogens with zero attached hydrogens (tertiary/aromatic N) is 2. The third-order valence-corrected chi connectivity index (χ3v) is 5.56. The molecule has 3 amide bonds. The van der Waals surface area contributed by atoms with Crippen molar-refractivity contribution in [2.75, 3.05) is 32.3 Å². The molecule has 1 atom stereocenters. The molecule has 1 aliphatic rings. The Kier molecular flexibility index (Phi) is 7.92. The van der Waals surface area contributed by atoms with E-state index in [9.17, 15) is 14.4 Å². The molecule has 0 bridgehead atoms. The molecule has 0 aliphatic carbocycles. The standard InChI is InChI=1S/C25H30N2O6/c1-5-14-33-20-9-7-19(8-10-20)27-24(29)16-21(25(27)30)26(17(2)28)13-12-18-6-11-22(31-3)23(15-18)32-4/h6-11,15,21H,5,12-14,16H2,1-4H3. The van der Waals surface area contributed by atoms with Crippen LogP contribution >= 0.6 is 0 Å². The Labute approximate surface area is 194 Å². The Bertz CT molecular complexity index is 1000. The summed E-state index contributed by atoms with van der Waals surface area (Å²) >= 11 is 0. The summed E-state index contributed by atoms with van der Waals surface area (Å²) in [5.74, 6) is 0.898. The molecule has 2 aromatic carbocycles. The van der Waals surface area contributed by atoms with E-state index in [0.29, 0.717) is 42.5 Å². The highest BCUT2D eigenvalue weighted by Crippen LogP contribution is 2.29. The highest BCUT2D eigenvalue weighted by Gasteiger charge is 2.43. The van der Waals surface area contributed by atoms with Gasteiger partial charge in [0, 0.05) is 13.5 Å². The van der Waals surface area contributed by atoms with Crippen LogP contribution in [-0.4, -0.2) is 56.0 Å². The number of anilines is 1. The van der Waals surface area contributed by atoms with Crippen LogP contribution in [0.5, 0.6) is 17.2 Å². The van der Waals surface area contributed by atoms with E-state index in [0.717, 1.165) is 16.9 Å². The van der Waals surface area contributed by atoms with Crippen LogP contribution in [0, 0.1) is 0 Å². The molecule has 176 valence electrons. The van der Waals surface area contributed by atoms with Gasteiger partial charge < -0.3 is 19.1 Å². The lowest BCUT2D eigenvalue weighted by molar-refractivity contribution is -0.136. The molecule has 33 heavy (non-hydrogen) atoms. The highest BCUT2D eigenvalue weighted by molar-refractivity contribution is 6.23. The van der Waals surface area contributed by atoms with Crippen LogP contribution in [0.25, 0.3) is 0 Å². The van der Waals surface area contributed by atoms with E-state index in [4.69, 9.17) is 14.2 Å². The lowest BCUT2D eigenvalue weighted by atomic mass is 10.1. The van der Waals surface area contributed by atoms with Gasteiger partial charge in [-0.1, -0.05) is 13.0 Å². The monoisotopic (exact) mass is 454 g/mol. The number of amides is 3. The van der Waals surface area contributed by atoms with Crippen LogP contribution in [-0.2, 0) is 20.8 Å². The molecule has 1 unspecified atom stereocenters. The van der Waals surface area contributed by atoms with Gasteiger partial charge in [0.25, 0.3) is 5.91 Å². The van der Waals surface area contributed by atoms with Crippen molar-refractivity contribution in [2.45, 2.75) is 39.2 Å². The van der Waals surface area contributed by atoms with Gasteiger partial charge >= 0.3 is 0 Å². The summed E-state index contributed by atoms with van der Waals surface area (Å²) in [6.45, 7) is 4.32. The molecule has 3 rings (SSSR count). The van der Waals surface area contributed by atoms with E-state index in [2.05, 4.69) is 0 Å². The molecule has 1 aliphatic heterocycles. The first kappa shape index (κ1) is 24.1. The predicted molar refractivity (Wildman–Crippen MR) is 124 cm³/mol. The van der Waals surface area contributed by atoms with Crippen molar-refractivity contribution in [2.24, 2.45) is 0 Å². The summed E-state index contributed by atoms with van der Waals surface area (Å²) in [6.07, 6.45) is 1.34. The molecule has 0 N–H and O–H groups in total. The van der Waals surface area contributed by atoms with Gasteiger partial charge in [-0.05, 0) is 54.8 Å². The first-order chi connectivity index (χ1) is 15.9. The Morgan fingerprint density at radius 1 is 1.06 bits per heavy atom. The fourth-order valence-corrected chi connectivity index (χ4v) is 3.86. The maximum absolute atomic E-state index is 13.2. The number of carbonyl (C=O) groups is 3. The Hall–Kier alpha value is -3.55. The second-order valence-corrected chi connectivity index (χ2v) is 7.78. The maximum Gasteiger partial charge on any atom is 0.257 e. The fourth-order valence-electron chi connectivity index (χ4n) is 3.86. The van der Waals surface area contributed by atoms with Gasteiger partial charge in [-0.2, -0.15) is 0 Å². The molecule has 1 saturated heterocycles. The first-order valence-corrected chi connectivity index (χ1v) is 11.0. The predicted octanol–water partition coefficient (Wildman–Crippen LogP) is 3.22. The Morgan fingerprint density at radius 2 is 1.76 bits per heavy atom. The fraction of sp³-hybridized carbons (Fsp3) is 0.400. The van der Waals surface area contributed by atoms with E-state index < -0.39 is 11.9 Å². The van der Waals surface area contributed by atoms with Crippen molar-refractivity contribution >= 4 is 23.4 Å². The van der Waals surface area contributed by atoms with Crippen molar-refractivity contribution in [3.8, 4) is 17.2 Å². The van der Waals surface area contributed by atoms with Gasteiger partial charge in [0.05, 0.1) is 32.9 Å². The molecular weight excluding hydrogens is 424 g/mol. The van der Waals surface area contributed by atoms with Crippen molar-refractivity contribution in [1.29, 1.82) is 0 Å². The topological polar surface area (TPSA) is 85.4 Å². The molecular formula is C25H30N2O6. The van der Waals surface area contributed by atoms with Crippen molar-refractivity contribution < 1.29 is 28.6 Å². The summed E-state index contributed by atoms with van der Waals surface area (Å²) in [7, 11) is 3.12. The summed E-state index contributed by atoms with van der Waals surface area (Å²) in [5, 5.41) is 0. The molecule has 0 radical (unpaired) electrons. The van der Waals surface area contributed by atoms with Crippen molar-refractivity contribution in [3.63, 3.8) is 0 Å². The Balaban J connectivity index is 1.73. The number of imide groups is 1. The number of benzene rings is 2. The smallest absolute Gasteiger partial charge is 0.257 e. The number of rotatable bonds is 10. The van der Waals surface area contributed by atoms with Crippen molar-refractivity contribution in [1.82, 2.24) is 4.90 Å². The molecule has 8 heteroatoms. The summed E-state index contributed by atoms with van der Waals surface area (Å²) in [4.78, 5) is 40.9. The van der Waals surface area contributed by atoms with E-state index in [1.165, 1.54) is 11.8 Å². The average molecular weight is 455 g/mol. The van der Waals surface area contributed by atoms with E-state index in [1.54, 1.807) is 44.6 Å². The van der Waals surface area contributed by atoms with Crippen LogP contribution < -0.4 is 19.1 Å². The minimum Gasteiger partial charge on any atom is -0.494 e. The Morgan fingerprint density at radius 3 is 2.36 bits per heavy atom. The molecule has 2 aromatic rings. The zero-order valence-corrected chi connectivity index (χ0v) is 19.5. The lowest BCUT2D eigenvalue weighted by Gasteiger charge is -2.26. The number of hydrogen-bond donors (Lipinski definition) is 0. The van der Waals surface area contributed by atoms with Gasteiger partial charge in [0.15, 0.2) is 11.5 Å². The minimum atomic E-state index is -0.828. The number of hydrogen-bond acceptors (Lipinski definition) is 6. The largest absolute Gasteiger partial charge is 0.494 e. The van der Waals surface area contributed by atoms with Gasteiger partial charge in [-0.15, -0.1) is 0 Å². The summed E-state index contributed by atoms with van der Waals surface area (Å²) in [5.41, 5.74) is 1.40. The first-order valence-electron chi connectivity index (χ1n) is 11.0. The van der Waals surface area contributed by atoms with E-state index in [-0.39, 0.29) is 18.2 Å². The third kappa shape index (κ3) is 5.45. The van der Waals surface area contributed by atoms with Crippen LogP contribution in [0.4, 0.5) is 5.69 Å². The van der Waals surface area contributed by atoms with Crippen molar-refractivity contribution in [3.05, 3.63) is 48.0 Å². The normalized spacial score (nSPS) is 15.5. The number of carbonyl (C=O) groups excluding carboxylic acids is 3. The molecule has 0 spiro atoms. The maximum atomic E-state index is 13.2. The van der Waals surface area contributed by atoms with Gasteiger partial charge in [0.2, 0.25) is 11.8 Å². The number of ether oxygens (including phenoxy) is 3. The van der Waals surface area contributed by atoms with Crippen LogP contribution in [0.3, 0.4) is 0 Å². The zero-order valence-electron chi connectivity index (χ0n) is 19.5. The molecule has 1 heterocycles. The second kappa shape index (κ2) is 10.8. The average Bonchev–Trinajstić information content (AvgIpc) is 3.11. The highest BCUT2D eigenvalue weighted by atomic mass is 16.5. The van der Waals surface area contributed by atoms with Crippen LogP contribution in [0.1, 0.15) is 32.3 Å². The summed E-state index contributed by atoms with van der Waals surface area (Å²) < 4.78 is 16.2. The van der Waals surface area contributed by atoms with Gasteiger partial charge in [-0.3, -0.25) is 14.4 Å². The molecule has 0 saturated carbocycles. The van der Waals surface area contributed by atoms with E-state index in [1.807, 2.05) is 19.1 Å². The lowest BCUT2D eigenvalue weighted by Crippen LogP contribution is -2.45. The molecule has 8 nitrogen and oxygen atoms in total. The van der Waals surface area contributed by atoms with Gasteiger partial charge in [0.1, 0.15) is 11.8 Å².